The van der Waals surface area contributed by atoms with Crippen LogP contribution < -0.4 is 21.9 Å². The first-order chi connectivity index (χ1) is 11.1. The minimum Gasteiger partial charge on any atom is -0.349 e. The second-order valence-corrected chi connectivity index (χ2v) is 5.74. The minimum absolute atomic E-state index is 0. The van der Waals surface area contributed by atoms with Gasteiger partial charge in [-0.05, 0) is 51.1 Å². The summed E-state index contributed by atoms with van der Waals surface area (Å²) in [5.41, 5.74) is 0.0421. The third-order valence-corrected chi connectivity index (χ3v) is 4.23. The molecule has 8 heteroatoms. The molecule has 1 aliphatic heterocycles. The molecule has 3 rings (SSSR count). The Hall–Kier alpha value is -2.12. The molecule has 24 heavy (non-hydrogen) atoms. The van der Waals surface area contributed by atoms with Crippen LogP contribution in [0.5, 0.6) is 0 Å². The predicted molar refractivity (Wildman–Crippen MR) is 95.1 cm³/mol. The van der Waals surface area contributed by atoms with Crippen molar-refractivity contribution >= 4 is 29.2 Å². The lowest BCUT2D eigenvalue weighted by Crippen LogP contribution is -2.42. The van der Waals surface area contributed by atoms with E-state index in [1.807, 2.05) is 0 Å². The Morgan fingerprint density at radius 3 is 2.67 bits per heavy atom. The molecule has 3 N–H and O–H groups in total. The number of aromatic amines is 1. The summed E-state index contributed by atoms with van der Waals surface area (Å²) in [5, 5.41) is 6.65. The first-order valence-electron chi connectivity index (χ1n) is 7.88. The highest BCUT2D eigenvalue weighted by Gasteiger charge is 2.17. The minimum atomic E-state index is -0.457. The number of hydrogen-bond acceptors (Lipinski definition) is 4. The van der Waals surface area contributed by atoms with E-state index < -0.39 is 5.69 Å². The van der Waals surface area contributed by atoms with Crippen molar-refractivity contribution in [3.05, 3.63) is 44.6 Å². The Morgan fingerprint density at radius 2 is 2.00 bits per heavy atom. The van der Waals surface area contributed by atoms with Crippen LogP contribution in [0.1, 0.15) is 30.1 Å². The molecule has 1 amide bonds. The molecule has 0 unspecified atom stereocenters. The van der Waals surface area contributed by atoms with Crippen molar-refractivity contribution < 1.29 is 4.79 Å². The largest absolute Gasteiger partial charge is 0.349 e. The van der Waals surface area contributed by atoms with Gasteiger partial charge in [-0.2, -0.15) is 0 Å². The van der Waals surface area contributed by atoms with Crippen LogP contribution in [0, 0.1) is 0 Å². The number of benzene rings is 1. The predicted octanol–water partition coefficient (Wildman–Crippen LogP) is 0.613. The van der Waals surface area contributed by atoms with Gasteiger partial charge in [-0.1, -0.05) is 0 Å². The molecular weight excluding hydrogens is 332 g/mol. The van der Waals surface area contributed by atoms with E-state index in [0.717, 1.165) is 30.5 Å². The van der Waals surface area contributed by atoms with Crippen molar-refractivity contribution in [3.8, 4) is 0 Å². The van der Waals surface area contributed by atoms with Crippen molar-refractivity contribution in [3.63, 3.8) is 0 Å². The molecule has 1 aromatic heterocycles. The van der Waals surface area contributed by atoms with E-state index >= 15 is 0 Å². The fourth-order valence-electron chi connectivity index (χ4n) is 2.92. The van der Waals surface area contributed by atoms with Gasteiger partial charge in [0.05, 0.1) is 10.9 Å². The molecule has 0 bridgehead atoms. The standard InChI is InChI=1S/C16H20N4O3.ClH/c1-2-20-15(22)12-4-3-10(9-13(12)19-16(20)23)14(21)18-11-5-7-17-8-6-11;/h3-4,9,11,17H,2,5-8H2,1H3,(H,18,21)(H,19,23);1H. The molecule has 2 aromatic rings. The molecule has 0 saturated carbocycles. The molecule has 7 nitrogen and oxygen atoms in total. The average Bonchev–Trinajstić information content (AvgIpc) is 2.55. The van der Waals surface area contributed by atoms with Crippen molar-refractivity contribution in [2.24, 2.45) is 0 Å². The van der Waals surface area contributed by atoms with E-state index in [1.165, 1.54) is 0 Å². The smallest absolute Gasteiger partial charge is 0.328 e. The van der Waals surface area contributed by atoms with Crippen LogP contribution >= 0.6 is 12.4 Å². The van der Waals surface area contributed by atoms with Gasteiger partial charge < -0.3 is 15.6 Å². The number of nitrogens with zero attached hydrogens (tertiary/aromatic N) is 1. The first-order valence-corrected chi connectivity index (χ1v) is 7.88. The number of aromatic nitrogens is 2. The van der Waals surface area contributed by atoms with Gasteiger partial charge in [0.25, 0.3) is 11.5 Å². The zero-order valence-electron chi connectivity index (χ0n) is 13.4. The highest BCUT2D eigenvalue weighted by Crippen LogP contribution is 2.11. The van der Waals surface area contributed by atoms with E-state index in [0.29, 0.717) is 23.0 Å². The highest BCUT2D eigenvalue weighted by atomic mass is 35.5. The SMILES string of the molecule is CCn1c(=O)[nH]c2cc(C(=O)NC3CCNCC3)ccc2c1=O.Cl. The van der Waals surface area contributed by atoms with Gasteiger partial charge in [0.2, 0.25) is 0 Å². The van der Waals surface area contributed by atoms with E-state index in [-0.39, 0.29) is 29.9 Å². The zero-order valence-corrected chi connectivity index (χ0v) is 14.2. The van der Waals surface area contributed by atoms with E-state index in [2.05, 4.69) is 15.6 Å². The number of rotatable bonds is 3. The molecule has 0 atom stereocenters. The van der Waals surface area contributed by atoms with E-state index in [1.54, 1.807) is 25.1 Å². The normalized spacial score (nSPS) is 15.0. The van der Waals surface area contributed by atoms with Crippen molar-refractivity contribution in [2.75, 3.05) is 13.1 Å². The Balaban J connectivity index is 0.00000208. The van der Waals surface area contributed by atoms with Crippen LogP contribution in [-0.2, 0) is 6.54 Å². The van der Waals surface area contributed by atoms with Crippen LogP contribution in [0.15, 0.2) is 27.8 Å². The van der Waals surface area contributed by atoms with Crippen LogP contribution in [0.4, 0.5) is 0 Å². The van der Waals surface area contributed by atoms with Gasteiger partial charge in [0, 0.05) is 18.2 Å². The number of H-pyrrole nitrogens is 1. The topological polar surface area (TPSA) is 96.0 Å². The number of halogens is 1. The van der Waals surface area contributed by atoms with Crippen LogP contribution in [0.25, 0.3) is 10.9 Å². The monoisotopic (exact) mass is 352 g/mol. The van der Waals surface area contributed by atoms with Crippen LogP contribution in [0.2, 0.25) is 0 Å². The lowest BCUT2D eigenvalue weighted by atomic mass is 10.1. The summed E-state index contributed by atoms with van der Waals surface area (Å²) in [7, 11) is 0. The maximum atomic E-state index is 12.3. The molecule has 1 aliphatic rings. The Bertz CT molecular complexity index is 853. The molecular formula is C16H21ClN4O3. The summed E-state index contributed by atoms with van der Waals surface area (Å²) in [6.45, 7) is 3.84. The zero-order chi connectivity index (χ0) is 16.4. The van der Waals surface area contributed by atoms with Gasteiger partial charge >= 0.3 is 5.69 Å². The lowest BCUT2D eigenvalue weighted by molar-refractivity contribution is 0.0929. The number of fused-ring (bicyclic) bond motifs is 1. The van der Waals surface area contributed by atoms with Gasteiger partial charge in [0.1, 0.15) is 0 Å². The molecule has 2 heterocycles. The van der Waals surface area contributed by atoms with Crippen LogP contribution in [0.3, 0.4) is 0 Å². The second-order valence-electron chi connectivity index (χ2n) is 5.74. The Kier molecular flexibility index (Phi) is 5.80. The number of nitrogens with one attached hydrogen (secondary N) is 3. The summed E-state index contributed by atoms with van der Waals surface area (Å²) >= 11 is 0. The van der Waals surface area contributed by atoms with Crippen LogP contribution in [-0.4, -0.2) is 34.6 Å². The van der Waals surface area contributed by atoms with Gasteiger partial charge in [-0.25, -0.2) is 4.79 Å². The number of amides is 1. The molecule has 1 saturated heterocycles. The summed E-state index contributed by atoms with van der Waals surface area (Å²) < 4.78 is 1.14. The molecule has 130 valence electrons. The van der Waals surface area contributed by atoms with E-state index in [9.17, 15) is 14.4 Å². The average molecular weight is 353 g/mol. The summed E-state index contributed by atoms with van der Waals surface area (Å²) in [6, 6.07) is 4.94. The fourth-order valence-corrected chi connectivity index (χ4v) is 2.92. The second kappa shape index (κ2) is 7.63. The maximum absolute atomic E-state index is 12.3. The lowest BCUT2D eigenvalue weighted by Gasteiger charge is -2.23. The van der Waals surface area contributed by atoms with E-state index in [4.69, 9.17) is 0 Å². The van der Waals surface area contributed by atoms with Crippen molar-refractivity contribution in [1.29, 1.82) is 0 Å². The Labute approximate surface area is 144 Å². The third-order valence-electron chi connectivity index (χ3n) is 4.23. The van der Waals surface area contributed by atoms with Gasteiger partial charge in [-0.15, -0.1) is 12.4 Å². The Morgan fingerprint density at radius 1 is 1.29 bits per heavy atom. The molecule has 1 fully saturated rings. The van der Waals surface area contributed by atoms with Crippen molar-refractivity contribution in [1.82, 2.24) is 20.2 Å². The number of carbonyl (C=O) groups excluding carboxylic acids is 1. The highest BCUT2D eigenvalue weighted by molar-refractivity contribution is 5.97. The quantitative estimate of drug-likeness (QED) is 0.754. The fraction of sp³-hybridized carbons (Fsp3) is 0.438. The molecule has 0 aliphatic carbocycles. The maximum Gasteiger partial charge on any atom is 0.328 e. The summed E-state index contributed by atoms with van der Waals surface area (Å²) in [5.74, 6) is -0.181. The molecule has 1 aromatic carbocycles. The first kappa shape index (κ1) is 18.2. The van der Waals surface area contributed by atoms with Gasteiger partial charge in [0.15, 0.2) is 0 Å². The number of hydrogen-bond donors (Lipinski definition) is 3. The summed E-state index contributed by atoms with van der Waals surface area (Å²) in [6.07, 6.45) is 1.80. The number of piperidine rings is 1. The molecule has 0 spiro atoms. The molecule has 0 radical (unpaired) electrons. The summed E-state index contributed by atoms with van der Waals surface area (Å²) in [4.78, 5) is 39.1. The van der Waals surface area contributed by atoms with Gasteiger partial charge in [-0.3, -0.25) is 14.2 Å². The number of carbonyl (C=O) groups is 1. The third kappa shape index (κ3) is 3.52. The van der Waals surface area contributed by atoms with Crippen molar-refractivity contribution in [2.45, 2.75) is 32.4 Å².